The van der Waals surface area contributed by atoms with Crippen LogP contribution in [0.15, 0.2) is 48.5 Å². The Kier molecular flexibility index (Phi) is 7.33. The van der Waals surface area contributed by atoms with E-state index in [1.165, 1.54) is 0 Å². The molecule has 0 spiro atoms. The summed E-state index contributed by atoms with van der Waals surface area (Å²) < 4.78 is 11.2. The summed E-state index contributed by atoms with van der Waals surface area (Å²) in [5, 5.41) is 5.96. The van der Waals surface area contributed by atoms with Gasteiger partial charge in [-0.3, -0.25) is 4.79 Å². The van der Waals surface area contributed by atoms with Crippen LogP contribution < -0.4 is 20.1 Å². The Bertz CT molecular complexity index is 679. The molecule has 26 heavy (non-hydrogen) atoms. The van der Waals surface area contributed by atoms with Gasteiger partial charge >= 0.3 is 0 Å². The lowest BCUT2D eigenvalue weighted by molar-refractivity contribution is -0.114. The first-order chi connectivity index (χ1) is 12.4. The highest BCUT2D eigenvalue weighted by Crippen LogP contribution is 2.18. The molecule has 0 unspecified atom stereocenters. The second-order valence-corrected chi connectivity index (χ2v) is 6.82. The molecule has 0 saturated heterocycles. The summed E-state index contributed by atoms with van der Waals surface area (Å²) >= 11 is 0. The number of carbonyl (C=O) groups is 1. The molecule has 0 saturated carbocycles. The smallest absolute Gasteiger partial charge is 0.243 e. The van der Waals surface area contributed by atoms with Crippen molar-refractivity contribution in [3.63, 3.8) is 0 Å². The van der Waals surface area contributed by atoms with Gasteiger partial charge in [-0.2, -0.15) is 0 Å². The zero-order valence-corrected chi connectivity index (χ0v) is 15.9. The summed E-state index contributed by atoms with van der Waals surface area (Å²) in [5.74, 6) is 1.99. The van der Waals surface area contributed by atoms with Gasteiger partial charge in [0.2, 0.25) is 5.91 Å². The lowest BCUT2D eigenvalue weighted by Gasteiger charge is -2.12. The van der Waals surface area contributed by atoms with Crippen LogP contribution in [0, 0.1) is 5.92 Å². The first-order valence-corrected chi connectivity index (χ1v) is 8.95. The molecular weight excluding hydrogens is 328 g/mol. The van der Waals surface area contributed by atoms with Gasteiger partial charge in [0, 0.05) is 11.4 Å². The summed E-state index contributed by atoms with van der Waals surface area (Å²) in [5.41, 5.74) is 1.61. The summed E-state index contributed by atoms with van der Waals surface area (Å²) in [6.45, 7) is 9.05. The number of nitrogens with one attached hydrogen (secondary N) is 2. The van der Waals surface area contributed by atoms with Crippen molar-refractivity contribution in [2.24, 2.45) is 5.92 Å². The molecular formula is C21H28N2O3. The molecule has 0 aliphatic heterocycles. The number of hydrogen-bond donors (Lipinski definition) is 2. The fourth-order valence-corrected chi connectivity index (χ4v) is 2.21. The number of benzene rings is 2. The van der Waals surface area contributed by atoms with E-state index in [9.17, 15) is 4.79 Å². The third kappa shape index (κ3) is 7.05. The minimum absolute atomic E-state index is 0.108. The first kappa shape index (κ1) is 19.6. The van der Waals surface area contributed by atoms with Crippen molar-refractivity contribution in [3.05, 3.63) is 48.5 Å². The van der Waals surface area contributed by atoms with Gasteiger partial charge in [0.15, 0.2) is 0 Å². The quantitative estimate of drug-likeness (QED) is 0.691. The molecule has 140 valence electrons. The van der Waals surface area contributed by atoms with Crippen molar-refractivity contribution < 1.29 is 14.3 Å². The lowest BCUT2D eigenvalue weighted by Crippen LogP contribution is -2.21. The van der Waals surface area contributed by atoms with E-state index in [2.05, 4.69) is 24.5 Å². The maximum absolute atomic E-state index is 12.1. The van der Waals surface area contributed by atoms with Gasteiger partial charge in [-0.25, -0.2) is 0 Å². The maximum atomic E-state index is 12.1. The minimum atomic E-state index is -0.108. The highest BCUT2D eigenvalue weighted by molar-refractivity contribution is 5.93. The number of hydrogen-bond acceptors (Lipinski definition) is 4. The summed E-state index contributed by atoms with van der Waals surface area (Å²) in [7, 11) is 0. The van der Waals surface area contributed by atoms with Crippen LogP contribution in [0.3, 0.4) is 0 Å². The highest BCUT2D eigenvalue weighted by atomic mass is 16.5. The monoisotopic (exact) mass is 356 g/mol. The predicted octanol–water partition coefficient (Wildman–Crippen LogP) is 4.56. The highest BCUT2D eigenvalue weighted by Gasteiger charge is 2.04. The largest absolute Gasteiger partial charge is 0.493 e. The van der Waals surface area contributed by atoms with Gasteiger partial charge in [0.05, 0.1) is 19.3 Å². The zero-order valence-electron chi connectivity index (χ0n) is 15.9. The van der Waals surface area contributed by atoms with Crippen molar-refractivity contribution in [2.45, 2.75) is 33.8 Å². The SMILES string of the molecule is CC(C)COc1ccc(NC(=O)CNc2ccc(OC(C)C)cc2)cc1. The van der Waals surface area contributed by atoms with Crippen LogP contribution in [-0.4, -0.2) is 25.2 Å². The van der Waals surface area contributed by atoms with Gasteiger partial charge in [0.1, 0.15) is 11.5 Å². The van der Waals surface area contributed by atoms with Crippen LogP contribution in [0.2, 0.25) is 0 Å². The van der Waals surface area contributed by atoms with Crippen molar-refractivity contribution in [1.82, 2.24) is 0 Å². The number of amides is 1. The average molecular weight is 356 g/mol. The Hall–Kier alpha value is -2.69. The first-order valence-electron chi connectivity index (χ1n) is 8.95. The van der Waals surface area contributed by atoms with Gasteiger partial charge in [-0.1, -0.05) is 13.8 Å². The lowest BCUT2D eigenvalue weighted by atomic mass is 10.2. The average Bonchev–Trinajstić information content (AvgIpc) is 2.60. The van der Waals surface area contributed by atoms with Crippen LogP contribution >= 0.6 is 0 Å². The molecule has 2 N–H and O–H groups in total. The molecule has 0 radical (unpaired) electrons. The summed E-state index contributed by atoms with van der Waals surface area (Å²) in [6, 6.07) is 15.0. The van der Waals surface area contributed by atoms with Crippen molar-refractivity contribution >= 4 is 17.3 Å². The Morgan fingerprint density at radius 3 is 2.04 bits per heavy atom. The van der Waals surface area contributed by atoms with Crippen molar-refractivity contribution in [2.75, 3.05) is 23.8 Å². The van der Waals surface area contributed by atoms with Crippen LogP contribution in [0.5, 0.6) is 11.5 Å². The van der Waals surface area contributed by atoms with Crippen LogP contribution in [-0.2, 0) is 4.79 Å². The topological polar surface area (TPSA) is 59.6 Å². The molecule has 2 aromatic rings. The number of ether oxygens (including phenoxy) is 2. The van der Waals surface area contributed by atoms with Crippen molar-refractivity contribution in [3.8, 4) is 11.5 Å². The number of rotatable bonds is 9. The Morgan fingerprint density at radius 2 is 1.46 bits per heavy atom. The molecule has 0 heterocycles. The molecule has 0 bridgehead atoms. The van der Waals surface area contributed by atoms with Crippen LogP contribution in [0.25, 0.3) is 0 Å². The standard InChI is InChI=1S/C21H28N2O3/c1-15(2)14-25-19-9-7-18(8-10-19)23-21(24)13-22-17-5-11-20(12-6-17)26-16(3)4/h5-12,15-16,22H,13-14H2,1-4H3,(H,23,24). The van der Waals surface area contributed by atoms with E-state index in [0.717, 1.165) is 22.9 Å². The van der Waals surface area contributed by atoms with E-state index in [-0.39, 0.29) is 18.6 Å². The Labute approximate surface area is 155 Å². The van der Waals surface area contributed by atoms with E-state index in [0.29, 0.717) is 12.5 Å². The van der Waals surface area contributed by atoms with Crippen LogP contribution in [0.4, 0.5) is 11.4 Å². The van der Waals surface area contributed by atoms with E-state index < -0.39 is 0 Å². The Balaban J connectivity index is 1.77. The Morgan fingerprint density at radius 1 is 0.885 bits per heavy atom. The van der Waals surface area contributed by atoms with E-state index in [1.807, 2.05) is 62.4 Å². The third-order valence-corrected chi connectivity index (χ3v) is 3.40. The fraction of sp³-hybridized carbons (Fsp3) is 0.381. The molecule has 0 aliphatic carbocycles. The number of anilines is 2. The predicted molar refractivity (Wildman–Crippen MR) is 106 cm³/mol. The molecule has 0 aromatic heterocycles. The third-order valence-electron chi connectivity index (χ3n) is 3.40. The van der Waals surface area contributed by atoms with Gasteiger partial charge in [0.25, 0.3) is 0 Å². The number of carbonyl (C=O) groups excluding carboxylic acids is 1. The van der Waals surface area contributed by atoms with E-state index in [4.69, 9.17) is 9.47 Å². The second-order valence-electron chi connectivity index (χ2n) is 6.82. The second kappa shape index (κ2) is 9.70. The molecule has 5 heteroatoms. The van der Waals surface area contributed by atoms with Gasteiger partial charge < -0.3 is 20.1 Å². The van der Waals surface area contributed by atoms with Gasteiger partial charge in [-0.05, 0) is 68.3 Å². The van der Waals surface area contributed by atoms with E-state index in [1.54, 1.807) is 0 Å². The van der Waals surface area contributed by atoms with Gasteiger partial charge in [-0.15, -0.1) is 0 Å². The molecule has 0 atom stereocenters. The molecule has 2 aromatic carbocycles. The fourth-order valence-electron chi connectivity index (χ4n) is 2.21. The normalized spacial score (nSPS) is 10.7. The van der Waals surface area contributed by atoms with Crippen molar-refractivity contribution in [1.29, 1.82) is 0 Å². The van der Waals surface area contributed by atoms with E-state index >= 15 is 0 Å². The molecule has 1 amide bonds. The minimum Gasteiger partial charge on any atom is -0.493 e. The summed E-state index contributed by atoms with van der Waals surface area (Å²) in [6.07, 6.45) is 0.141. The molecule has 0 fully saturated rings. The van der Waals surface area contributed by atoms with Crippen LogP contribution in [0.1, 0.15) is 27.7 Å². The molecule has 5 nitrogen and oxygen atoms in total. The summed E-state index contributed by atoms with van der Waals surface area (Å²) in [4.78, 5) is 12.1. The molecule has 0 aliphatic rings. The zero-order chi connectivity index (χ0) is 18.9. The maximum Gasteiger partial charge on any atom is 0.243 e. The molecule has 2 rings (SSSR count).